The van der Waals surface area contributed by atoms with E-state index in [4.69, 9.17) is 0 Å². The second-order valence-corrected chi connectivity index (χ2v) is 3.89. The number of nitrogens with one attached hydrogen (secondary N) is 1. The Hall–Kier alpha value is -1.75. The summed E-state index contributed by atoms with van der Waals surface area (Å²) in [6, 6.07) is 2.06. The smallest absolute Gasteiger partial charge is 0.294 e. The first kappa shape index (κ1) is 10.8. The molecule has 1 N–H and O–H groups in total. The molecule has 0 saturated carbocycles. The fraction of sp³-hybridized carbons (Fsp3) is 0.364. The van der Waals surface area contributed by atoms with Gasteiger partial charge in [0.1, 0.15) is 6.20 Å². The Morgan fingerprint density at radius 2 is 2.44 bits per heavy atom. The van der Waals surface area contributed by atoms with E-state index in [9.17, 15) is 10.1 Å². The molecular weight excluding hydrogens is 206 g/mol. The van der Waals surface area contributed by atoms with Crippen LogP contribution < -0.4 is 5.32 Å². The van der Waals surface area contributed by atoms with E-state index >= 15 is 0 Å². The van der Waals surface area contributed by atoms with Crippen molar-refractivity contribution in [2.24, 2.45) is 0 Å². The second kappa shape index (κ2) is 4.40. The maximum atomic E-state index is 10.9. The van der Waals surface area contributed by atoms with Gasteiger partial charge < -0.3 is 5.32 Å². The van der Waals surface area contributed by atoms with E-state index in [1.807, 2.05) is 6.08 Å². The molecule has 0 aromatic carbocycles. The summed E-state index contributed by atoms with van der Waals surface area (Å²) in [5, 5.41) is 14.1. The summed E-state index contributed by atoms with van der Waals surface area (Å²) >= 11 is 0. The van der Waals surface area contributed by atoms with Gasteiger partial charge in [0.15, 0.2) is 0 Å². The summed E-state index contributed by atoms with van der Waals surface area (Å²) in [6.45, 7) is 2.83. The molecule has 16 heavy (non-hydrogen) atoms. The van der Waals surface area contributed by atoms with E-state index in [2.05, 4.69) is 17.2 Å². The van der Waals surface area contributed by atoms with E-state index in [-0.39, 0.29) is 10.6 Å². The average molecular weight is 219 g/mol. The number of hydrogen-bond donors (Lipinski definition) is 1. The van der Waals surface area contributed by atoms with Crippen molar-refractivity contribution in [2.45, 2.75) is 19.4 Å². The maximum Gasteiger partial charge on any atom is 0.294 e. The van der Waals surface area contributed by atoms with Gasteiger partial charge in [-0.15, -0.1) is 0 Å². The molecule has 1 atom stereocenters. The third kappa shape index (κ3) is 2.09. The van der Waals surface area contributed by atoms with Crippen molar-refractivity contribution in [1.29, 1.82) is 0 Å². The third-order valence-electron chi connectivity index (χ3n) is 2.68. The Labute approximate surface area is 93.3 Å². The van der Waals surface area contributed by atoms with Crippen LogP contribution in [0.1, 0.15) is 18.9 Å². The Morgan fingerprint density at radius 1 is 1.62 bits per heavy atom. The zero-order valence-corrected chi connectivity index (χ0v) is 9.01. The van der Waals surface area contributed by atoms with E-state index in [0.717, 1.165) is 18.5 Å². The summed E-state index contributed by atoms with van der Waals surface area (Å²) < 4.78 is 0. The molecule has 1 aromatic rings. The van der Waals surface area contributed by atoms with Crippen LogP contribution in [0.5, 0.6) is 0 Å². The maximum absolute atomic E-state index is 10.9. The molecule has 0 bridgehead atoms. The lowest BCUT2D eigenvalue weighted by atomic mass is 9.96. The van der Waals surface area contributed by atoms with Crippen LogP contribution in [0.4, 0.5) is 5.69 Å². The van der Waals surface area contributed by atoms with Crippen LogP contribution in [0.2, 0.25) is 0 Å². The van der Waals surface area contributed by atoms with Gasteiger partial charge in [-0.1, -0.05) is 6.08 Å². The first-order valence-electron chi connectivity index (χ1n) is 5.19. The highest BCUT2D eigenvalue weighted by molar-refractivity contribution is 5.73. The monoisotopic (exact) mass is 219 g/mol. The van der Waals surface area contributed by atoms with Crippen LogP contribution in [0, 0.1) is 10.1 Å². The SMILES string of the molecule is CC1CC(c2ccncc2[N+](=O)[O-])=CCN1. The molecule has 1 aromatic heterocycles. The number of nitro groups is 1. The molecule has 0 saturated heterocycles. The van der Waals surface area contributed by atoms with Crippen LogP contribution in [0.3, 0.4) is 0 Å². The van der Waals surface area contributed by atoms with E-state index < -0.39 is 0 Å². The predicted octanol–water partition coefficient (Wildman–Crippen LogP) is 1.75. The number of hydrogen-bond acceptors (Lipinski definition) is 4. The highest BCUT2D eigenvalue weighted by atomic mass is 16.6. The molecule has 0 amide bonds. The van der Waals surface area contributed by atoms with Crippen molar-refractivity contribution in [3.05, 3.63) is 40.2 Å². The molecule has 0 spiro atoms. The lowest BCUT2D eigenvalue weighted by Gasteiger charge is -2.20. The topological polar surface area (TPSA) is 68.1 Å². The fourth-order valence-electron chi connectivity index (χ4n) is 1.89. The van der Waals surface area contributed by atoms with Crippen LogP contribution in [0.25, 0.3) is 5.57 Å². The van der Waals surface area contributed by atoms with Gasteiger partial charge in [0.2, 0.25) is 0 Å². The highest BCUT2D eigenvalue weighted by Crippen LogP contribution is 2.29. The molecular formula is C11H13N3O2. The molecule has 5 nitrogen and oxygen atoms in total. The highest BCUT2D eigenvalue weighted by Gasteiger charge is 2.20. The first-order valence-corrected chi connectivity index (χ1v) is 5.19. The molecule has 1 aliphatic heterocycles. The molecule has 0 aliphatic carbocycles. The normalized spacial score (nSPS) is 20.3. The van der Waals surface area contributed by atoms with Crippen molar-refractivity contribution < 1.29 is 4.92 Å². The van der Waals surface area contributed by atoms with Crippen molar-refractivity contribution in [2.75, 3.05) is 6.54 Å². The van der Waals surface area contributed by atoms with Gasteiger partial charge in [-0.3, -0.25) is 15.1 Å². The zero-order valence-electron chi connectivity index (χ0n) is 9.01. The van der Waals surface area contributed by atoms with Crippen LogP contribution in [0.15, 0.2) is 24.5 Å². The lowest BCUT2D eigenvalue weighted by Crippen LogP contribution is -2.30. The Balaban J connectivity index is 2.40. The van der Waals surface area contributed by atoms with Gasteiger partial charge in [-0.2, -0.15) is 0 Å². The largest absolute Gasteiger partial charge is 0.310 e. The van der Waals surface area contributed by atoms with E-state index in [0.29, 0.717) is 11.6 Å². The Morgan fingerprint density at radius 3 is 3.12 bits per heavy atom. The minimum Gasteiger partial charge on any atom is -0.310 e. The summed E-state index contributed by atoms with van der Waals surface area (Å²) in [7, 11) is 0. The minimum atomic E-state index is -0.379. The quantitative estimate of drug-likeness (QED) is 0.607. The molecule has 5 heteroatoms. The second-order valence-electron chi connectivity index (χ2n) is 3.89. The zero-order chi connectivity index (χ0) is 11.5. The number of aromatic nitrogens is 1. The average Bonchev–Trinajstić information content (AvgIpc) is 2.29. The van der Waals surface area contributed by atoms with Gasteiger partial charge in [0.25, 0.3) is 5.69 Å². The van der Waals surface area contributed by atoms with Gasteiger partial charge in [0, 0.05) is 18.8 Å². The molecule has 1 aliphatic rings. The van der Waals surface area contributed by atoms with Crippen LogP contribution in [-0.4, -0.2) is 22.5 Å². The minimum absolute atomic E-state index is 0.0860. The lowest BCUT2D eigenvalue weighted by molar-refractivity contribution is -0.385. The summed E-state index contributed by atoms with van der Waals surface area (Å²) in [6.07, 6.45) is 5.71. The number of rotatable bonds is 2. The summed E-state index contributed by atoms with van der Waals surface area (Å²) in [4.78, 5) is 14.3. The molecule has 2 heterocycles. The predicted molar refractivity (Wildman–Crippen MR) is 61.0 cm³/mol. The summed E-state index contributed by atoms with van der Waals surface area (Å²) in [5.74, 6) is 0. The Kier molecular flexibility index (Phi) is 2.96. The van der Waals surface area contributed by atoms with E-state index in [1.54, 1.807) is 12.3 Å². The molecule has 0 fully saturated rings. The molecule has 2 rings (SSSR count). The van der Waals surface area contributed by atoms with Crippen molar-refractivity contribution in [3.63, 3.8) is 0 Å². The fourth-order valence-corrected chi connectivity index (χ4v) is 1.89. The van der Waals surface area contributed by atoms with Crippen molar-refractivity contribution in [3.8, 4) is 0 Å². The van der Waals surface area contributed by atoms with Crippen molar-refractivity contribution in [1.82, 2.24) is 10.3 Å². The molecule has 84 valence electrons. The van der Waals surface area contributed by atoms with Gasteiger partial charge in [-0.25, -0.2) is 0 Å². The Bertz CT molecular complexity index is 443. The van der Waals surface area contributed by atoms with Crippen LogP contribution >= 0.6 is 0 Å². The number of nitrogens with zero attached hydrogens (tertiary/aromatic N) is 2. The van der Waals surface area contributed by atoms with Crippen LogP contribution in [-0.2, 0) is 0 Å². The van der Waals surface area contributed by atoms with E-state index in [1.165, 1.54) is 6.20 Å². The number of pyridine rings is 1. The van der Waals surface area contributed by atoms with Gasteiger partial charge in [-0.05, 0) is 25.0 Å². The first-order chi connectivity index (χ1) is 7.68. The van der Waals surface area contributed by atoms with Crippen molar-refractivity contribution >= 4 is 11.3 Å². The molecule has 1 unspecified atom stereocenters. The van der Waals surface area contributed by atoms with Gasteiger partial charge in [0.05, 0.1) is 10.5 Å². The molecule has 0 radical (unpaired) electrons. The third-order valence-corrected chi connectivity index (χ3v) is 2.68. The standard InChI is InChI=1S/C11H13N3O2/c1-8-6-9(2-5-13-8)10-3-4-12-7-11(10)14(15)16/h2-4,7-8,13H,5-6H2,1H3. The summed E-state index contributed by atoms with van der Waals surface area (Å²) in [5.41, 5.74) is 1.80. The van der Waals surface area contributed by atoms with Gasteiger partial charge >= 0.3 is 0 Å².